The van der Waals surface area contributed by atoms with Crippen LogP contribution in [-0.4, -0.2) is 46.1 Å². The molecule has 0 unspecified atom stereocenters. The van der Waals surface area contributed by atoms with Crippen LogP contribution < -0.4 is 10.9 Å². The lowest BCUT2D eigenvalue weighted by molar-refractivity contribution is 0.0876. The van der Waals surface area contributed by atoms with Crippen LogP contribution in [0.25, 0.3) is 11.1 Å². The third-order valence-electron chi connectivity index (χ3n) is 7.03. The number of oxazole rings is 1. The van der Waals surface area contributed by atoms with Crippen molar-refractivity contribution in [2.24, 2.45) is 5.92 Å². The van der Waals surface area contributed by atoms with Crippen molar-refractivity contribution in [2.45, 2.75) is 50.7 Å². The number of methoxy groups -OCH3 is 1. The molecule has 1 fully saturated rings. The Morgan fingerprint density at radius 3 is 2.74 bits per heavy atom. The number of nitrogens with zero attached hydrogens (tertiary/aromatic N) is 3. The number of alkyl halides is 1. The summed E-state index contributed by atoms with van der Waals surface area (Å²) in [5.41, 5.74) is 1.83. The number of aryl methyl sites for hydroxylation is 1. The van der Waals surface area contributed by atoms with Crippen molar-refractivity contribution >= 4 is 17.0 Å². The molecule has 38 heavy (non-hydrogen) atoms. The Kier molecular flexibility index (Phi) is 7.32. The largest absolute Gasteiger partial charge is 0.438 e. The molecule has 3 aromatic heterocycles. The second kappa shape index (κ2) is 10.8. The summed E-state index contributed by atoms with van der Waals surface area (Å²) in [5.74, 6) is -1.45. The molecule has 12 heteroatoms. The highest BCUT2D eigenvalue weighted by atomic mass is 19.1. The number of H-pyrrole nitrogens is 1. The number of aromatic amines is 1. The molecule has 2 atom stereocenters. The van der Waals surface area contributed by atoms with Gasteiger partial charge >= 0.3 is 0 Å². The lowest BCUT2D eigenvalue weighted by Crippen LogP contribution is -2.36. The first-order chi connectivity index (χ1) is 18.3. The maximum atomic E-state index is 13.9. The Bertz CT molecular complexity index is 1490. The Hall–Kier alpha value is -3.93. The van der Waals surface area contributed by atoms with Gasteiger partial charge in [-0.15, -0.1) is 0 Å². The van der Waals surface area contributed by atoms with Crippen molar-refractivity contribution in [2.75, 3.05) is 13.7 Å². The number of ether oxygens (including phenoxy) is 1. The fourth-order valence-corrected chi connectivity index (χ4v) is 5.02. The molecule has 1 aromatic carbocycles. The number of nitrogens with one attached hydrogen (secondary N) is 2. The fourth-order valence-electron chi connectivity index (χ4n) is 5.02. The highest BCUT2D eigenvalue weighted by Gasteiger charge is 2.34. The van der Waals surface area contributed by atoms with Crippen LogP contribution in [0.1, 0.15) is 70.8 Å². The van der Waals surface area contributed by atoms with E-state index in [9.17, 15) is 18.4 Å². The zero-order chi connectivity index (χ0) is 26.8. The smallest absolute Gasteiger partial charge is 0.276 e. The van der Waals surface area contributed by atoms with Gasteiger partial charge in [0.1, 0.15) is 29.2 Å². The first-order valence-electron chi connectivity index (χ1n) is 12.4. The predicted octanol–water partition coefficient (Wildman–Crippen LogP) is 4.12. The quantitative estimate of drug-likeness (QED) is 0.349. The Balaban J connectivity index is 1.50. The molecule has 5 rings (SSSR count). The minimum atomic E-state index is -0.875. The number of hydrogen-bond acceptors (Lipinski definition) is 8. The van der Waals surface area contributed by atoms with Gasteiger partial charge in [-0.2, -0.15) is 0 Å². The summed E-state index contributed by atoms with van der Waals surface area (Å²) in [6.07, 6.45) is 1.98. The maximum absolute atomic E-state index is 13.9. The number of benzene rings is 1. The van der Waals surface area contributed by atoms with Crippen LogP contribution in [-0.2, 0) is 4.74 Å². The molecule has 0 radical (unpaired) electrons. The maximum Gasteiger partial charge on any atom is 0.276 e. The normalized spacial score (nSPS) is 19.4. The second-order valence-electron chi connectivity index (χ2n) is 9.55. The SMILES string of the molecule is COC[C@H](c1ccc2oc([C@@H](NC(=O)c3nonc3C)C3CCC(F)CC3)nc2c1)c1cc(F)c[nH]c1=O. The van der Waals surface area contributed by atoms with Crippen molar-refractivity contribution in [3.63, 3.8) is 0 Å². The Morgan fingerprint density at radius 1 is 1.24 bits per heavy atom. The van der Waals surface area contributed by atoms with Gasteiger partial charge in [-0.05, 0) is 67.4 Å². The van der Waals surface area contributed by atoms with Crippen LogP contribution in [0.4, 0.5) is 8.78 Å². The molecule has 1 aliphatic rings. The number of pyridine rings is 1. The van der Waals surface area contributed by atoms with Crippen LogP contribution in [0, 0.1) is 18.7 Å². The third kappa shape index (κ3) is 5.21. The topological polar surface area (TPSA) is 136 Å². The summed E-state index contributed by atoms with van der Waals surface area (Å²) < 4.78 is 43.9. The summed E-state index contributed by atoms with van der Waals surface area (Å²) in [4.78, 5) is 32.5. The van der Waals surface area contributed by atoms with Gasteiger partial charge in [0.2, 0.25) is 5.89 Å². The van der Waals surface area contributed by atoms with Gasteiger partial charge in [-0.3, -0.25) is 9.59 Å². The molecular formula is C26H27F2N5O5. The van der Waals surface area contributed by atoms with Crippen molar-refractivity contribution in [3.05, 3.63) is 75.0 Å². The summed E-state index contributed by atoms with van der Waals surface area (Å²) in [7, 11) is 1.50. The average Bonchev–Trinajstić information content (AvgIpc) is 3.53. The monoisotopic (exact) mass is 527 g/mol. The van der Waals surface area contributed by atoms with Crippen LogP contribution >= 0.6 is 0 Å². The number of fused-ring (bicyclic) bond motifs is 1. The lowest BCUT2D eigenvalue weighted by atomic mass is 9.83. The average molecular weight is 528 g/mol. The second-order valence-corrected chi connectivity index (χ2v) is 9.55. The minimum absolute atomic E-state index is 0.0512. The molecule has 0 aliphatic heterocycles. The predicted molar refractivity (Wildman–Crippen MR) is 131 cm³/mol. The lowest BCUT2D eigenvalue weighted by Gasteiger charge is -2.30. The van der Waals surface area contributed by atoms with E-state index in [0.717, 1.165) is 6.20 Å². The van der Waals surface area contributed by atoms with Crippen molar-refractivity contribution in [1.82, 2.24) is 25.6 Å². The van der Waals surface area contributed by atoms with E-state index in [1.807, 2.05) is 0 Å². The van der Waals surface area contributed by atoms with Gasteiger partial charge in [-0.1, -0.05) is 11.2 Å². The molecule has 3 heterocycles. The highest BCUT2D eigenvalue weighted by molar-refractivity contribution is 5.93. The van der Waals surface area contributed by atoms with Gasteiger partial charge in [0.05, 0.1) is 6.61 Å². The van der Waals surface area contributed by atoms with E-state index >= 15 is 0 Å². The van der Waals surface area contributed by atoms with Crippen LogP contribution in [0.5, 0.6) is 0 Å². The third-order valence-corrected chi connectivity index (χ3v) is 7.03. The molecule has 1 aliphatic carbocycles. The van der Waals surface area contributed by atoms with Crippen LogP contribution in [0.3, 0.4) is 0 Å². The standard InChI is InChI=1S/C26H27F2N5O5/c1-13-22(33-38-32-13)25(35)31-23(14-3-6-16(27)7-4-14)26-30-20-9-15(5-8-21(20)37-26)19(12-36-2)18-10-17(28)11-29-24(18)34/h5,8-11,14,16,19,23H,3-4,6-7,12H2,1-2H3,(H,29,34)(H,31,35)/t14?,16?,19-,23+/m1/s1. The first kappa shape index (κ1) is 25.7. The Morgan fingerprint density at radius 2 is 2.03 bits per heavy atom. The molecule has 0 bridgehead atoms. The molecule has 10 nitrogen and oxygen atoms in total. The zero-order valence-electron chi connectivity index (χ0n) is 20.9. The van der Waals surface area contributed by atoms with Gasteiger partial charge in [0, 0.05) is 24.8 Å². The number of carbonyl (C=O) groups is 1. The van der Waals surface area contributed by atoms with E-state index in [-0.39, 0.29) is 29.7 Å². The molecule has 1 saturated carbocycles. The van der Waals surface area contributed by atoms with E-state index < -0.39 is 35.4 Å². The van der Waals surface area contributed by atoms with E-state index in [1.54, 1.807) is 25.1 Å². The van der Waals surface area contributed by atoms with Crippen LogP contribution in [0.2, 0.25) is 0 Å². The summed E-state index contributed by atoms with van der Waals surface area (Å²) in [6.45, 7) is 1.74. The van der Waals surface area contributed by atoms with Crippen molar-refractivity contribution in [3.8, 4) is 0 Å². The fraction of sp³-hybridized carbons (Fsp3) is 0.423. The molecule has 2 N–H and O–H groups in total. The summed E-state index contributed by atoms with van der Waals surface area (Å²) >= 11 is 0. The summed E-state index contributed by atoms with van der Waals surface area (Å²) in [5, 5.41) is 10.3. The number of hydrogen-bond donors (Lipinski definition) is 2. The number of rotatable bonds is 8. The molecule has 0 saturated heterocycles. The van der Waals surface area contributed by atoms with Gasteiger partial charge in [-0.25, -0.2) is 18.4 Å². The number of halogens is 2. The van der Waals surface area contributed by atoms with Gasteiger partial charge in [0.25, 0.3) is 11.5 Å². The van der Waals surface area contributed by atoms with Crippen LogP contribution in [0.15, 0.2) is 44.3 Å². The molecule has 4 aromatic rings. The van der Waals surface area contributed by atoms with Crippen molar-refractivity contribution < 1.29 is 27.4 Å². The summed E-state index contributed by atoms with van der Waals surface area (Å²) in [6, 6.07) is 5.77. The van der Waals surface area contributed by atoms with Gasteiger partial charge < -0.3 is 19.5 Å². The van der Waals surface area contributed by atoms with Gasteiger partial charge in [0.15, 0.2) is 11.3 Å². The molecule has 0 spiro atoms. The van der Waals surface area contributed by atoms with E-state index in [0.29, 0.717) is 48.0 Å². The highest BCUT2D eigenvalue weighted by Crippen LogP contribution is 2.37. The molecular weight excluding hydrogens is 500 g/mol. The number of aromatic nitrogens is 4. The minimum Gasteiger partial charge on any atom is -0.438 e. The Labute approximate surface area is 215 Å². The van der Waals surface area contributed by atoms with E-state index in [1.165, 1.54) is 13.2 Å². The van der Waals surface area contributed by atoms with Crippen molar-refractivity contribution in [1.29, 1.82) is 0 Å². The number of amides is 1. The first-order valence-corrected chi connectivity index (χ1v) is 12.4. The zero-order valence-corrected chi connectivity index (χ0v) is 20.9. The van der Waals surface area contributed by atoms with E-state index in [2.05, 4.69) is 30.2 Å². The molecule has 200 valence electrons. The number of carbonyl (C=O) groups excluding carboxylic acids is 1. The van der Waals surface area contributed by atoms with E-state index in [4.69, 9.17) is 9.15 Å². The molecule has 1 amide bonds.